The average molecular weight is 345 g/mol. The topological polar surface area (TPSA) is 29.5 Å². The third-order valence-electron chi connectivity index (χ3n) is 4.47. The first-order valence-electron chi connectivity index (χ1n) is 8.38. The van der Waals surface area contributed by atoms with E-state index in [0.717, 1.165) is 18.4 Å². The summed E-state index contributed by atoms with van der Waals surface area (Å²) in [4.78, 5) is 14.8. The number of rotatable bonds is 4. The Kier molecular flexibility index (Phi) is 4.75. The molecule has 1 amide bonds. The number of amides is 1. The second kappa shape index (κ2) is 6.82. The Balaban J connectivity index is 1.77. The minimum Gasteiger partial charge on any atom is -0.478 e. The van der Waals surface area contributed by atoms with E-state index in [1.165, 1.54) is 36.4 Å². The zero-order chi connectivity index (χ0) is 18.0. The van der Waals surface area contributed by atoms with Crippen LogP contribution in [0.2, 0.25) is 0 Å². The largest absolute Gasteiger partial charge is 0.478 e. The van der Waals surface area contributed by atoms with Crippen LogP contribution in [0.4, 0.5) is 8.78 Å². The second-order valence-electron chi connectivity index (χ2n) is 6.77. The van der Waals surface area contributed by atoms with E-state index in [9.17, 15) is 13.6 Å². The molecule has 1 unspecified atom stereocenters. The van der Waals surface area contributed by atoms with Gasteiger partial charge in [0.2, 0.25) is 0 Å². The number of likely N-dealkylation sites (tertiary alicyclic amines) is 1. The molecule has 0 N–H and O–H groups in total. The van der Waals surface area contributed by atoms with Crippen molar-refractivity contribution in [2.24, 2.45) is 0 Å². The van der Waals surface area contributed by atoms with Gasteiger partial charge in [-0.1, -0.05) is 12.1 Å². The normalized spacial score (nSPS) is 17.6. The van der Waals surface area contributed by atoms with Crippen molar-refractivity contribution in [2.45, 2.75) is 38.3 Å². The van der Waals surface area contributed by atoms with Gasteiger partial charge in [-0.05, 0) is 68.7 Å². The van der Waals surface area contributed by atoms with Crippen molar-refractivity contribution in [3.63, 3.8) is 0 Å². The molecule has 3 rings (SSSR count). The van der Waals surface area contributed by atoms with Gasteiger partial charge in [0.1, 0.15) is 17.4 Å². The summed E-state index contributed by atoms with van der Waals surface area (Å²) >= 11 is 0. The molecule has 1 saturated heterocycles. The number of ether oxygens (including phenoxy) is 1. The summed E-state index contributed by atoms with van der Waals surface area (Å²) in [7, 11) is 0. The first-order valence-corrected chi connectivity index (χ1v) is 8.38. The van der Waals surface area contributed by atoms with E-state index < -0.39 is 5.60 Å². The number of nitrogens with zero attached hydrogens (tertiary/aromatic N) is 1. The maximum absolute atomic E-state index is 13.2. The second-order valence-corrected chi connectivity index (χ2v) is 6.77. The number of carbonyl (C=O) groups excluding carboxylic acids is 1. The van der Waals surface area contributed by atoms with Crippen molar-refractivity contribution in [3.8, 4) is 5.75 Å². The van der Waals surface area contributed by atoms with Crippen molar-refractivity contribution in [1.82, 2.24) is 4.90 Å². The molecule has 25 heavy (non-hydrogen) atoms. The van der Waals surface area contributed by atoms with Gasteiger partial charge in [0.05, 0.1) is 6.04 Å². The van der Waals surface area contributed by atoms with Gasteiger partial charge in [-0.15, -0.1) is 0 Å². The van der Waals surface area contributed by atoms with Gasteiger partial charge >= 0.3 is 0 Å². The van der Waals surface area contributed by atoms with Crippen LogP contribution in [0.3, 0.4) is 0 Å². The highest BCUT2D eigenvalue weighted by molar-refractivity contribution is 5.85. The minimum atomic E-state index is -1.08. The molecule has 1 aliphatic heterocycles. The quantitative estimate of drug-likeness (QED) is 0.817. The van der Waals surface area contributed by atoms with Crippen molar-refractivity contribution in [3.05, 3.63) is 65.7 Å². The number of hydrogen-bond donors (Lipinski definition) is 0. The van der Waals surface area contributed by atoms with E-state index >= 15 is 0 Å². The van der Waals surface area contributed by atoms with Gasteiger partial charge in [-0.3, -0.25) is 4.79 Å². The van der Waals surface area contributed by atoms with Gasteiger partial charge < -0.3 is 9.64 Å². The molecule has 2 aromatic carbocycles. The Bertz CT molecular complexity index is 741. The summed E-state index contributed by atoms with van der Waals surface area (Å²) in [6.07, 6.45) is 1.73. The number of benzene rings is 2. The van der Waals surface area contributed by atoms with Crippen LogP contribution in [0.1, 0.15) is 38.3 Å². The smallest absolute Gasteiger partial charge is 0.266 e. The maximum atomic E-state index is 13.2. The summed E-state index contributed by atoms with van der Waals surface area (Å²) in [5.41, 5.74) is -0.162. The lowest BCUT2D eigenvalue weighted by atomic mass is 10.0. The number of carbonyl (C=O) groups is 1. The Morgan fingerprint density at radius 2 is 1.60 bits per heavy atom. The van der Waals surface area contributed by atoms with E-state index in [1.54, 1.807) is 30.9 Å². The summed E-state index contributed by atoms with van der Waals surface area (Å²) in [6.45, 7) is 4.05. The van der Waals surface area contributed by atoms with Crippen LogP contribution in [0.15, 0.2) is 48.5 Å². The molecule has 3 nitrogen and oxygen atoms in total. The average Bonchev–Trinajstić information content (AvgIpc) is 3.06. The zero-order valence-corrected chi connectivity index (χ0v) is 14.3. The fourth-order valence-corrected chi connectivity index (χ4v) is 3.23. The molecule has 0 radical (unpaired) electrons. The van der Waals surface area contributed by atoms with Gasteiger partial charge in [0.15, 0.2) is 5.60 Å². The Morgan fingerprint density at radius 1 is 1.04 bits per heavy atom. The third kappa shape index (κ3) is 3.81. The summed E-state index contributed by atoms with van der Waals surface area (Å²) in [6, 6.07) is 11.8. The molecule has 132 valence electrons. The fraction of sp³-hybridized carbons (Fsp3) is 0.350. The molecule has 2 aromatic rings. The van der Waals surface area contributed by atoms with E-state index in [0.29, 0.717) is 12.3 Å². The summed E-state index contributed by atoms with van der Waals surface area (Å²) in [5, 5.41) is 0. The Hall–Kier alpha value is -2.43. The van der Waals surface area contributed by atoms with Crippen molar-refractivity contribution >= 4 is 5.91 Å². The van der Waals surface area contributed by atoms with Crippen LogP contribution in [-0.4, -0.2) is 23.0 Å². The van der Waals surface area contributed by atoms with Gasteiger partial charge in [0, 0.05) is 6.54 Å². The van der Waals surface area contributed by atoms with E-state index in [4.69, 9.17) is 4.74 Å². The van der Waals surface area contributed by atoms with Crippen LogP contribution in [0, 0.1) is 11.6 Å². The molecule has 1 aliphatic rings. The first-order chi connectivity index (χ1) is 11.9. The molecular weight excluding hydrogens is 324 g/mol. The van der Waals surface area contributed by atoms with Crippen LogP contribution < -0.4 is 4.74 Å². The van der Waals surface area contributed by atoms with Crippen LogP contribution in [-0.2, 0) is 4.79 Å². The molecule has 0 saturated carbocycles. The lowest BCUT2D eigenvalue weighted by Gasteiger charge is -2.33. The molecule has 1 atom stereocenters. The third-order valence-corrected chi connectivity index (χ3v) is 4.47. The van der Waals surface area contributed by atoms with E-state index in [-0.39, 0.29) is 23.6 Å². The van der Waals surface area contributed by atoms with Gasteiger partial charge in [0.25, 0.3) is 5.91 Å². The monoisotopic (exact) mass is 345 g/mol. The van der Waals surface area contributed by atoms with Gasteiger partial charge in [-0.25, -0.2) is 8.78 Å². The van der Waals surface area contributed by atoms with E-state index in [1.807, 2.05) is 0 Å². The Morgan fingerprint density at radius 3 is 2.20 bits per heavy atom. The lowest BCUT2D eigenvalue weighted by Crippen LogP contribution is -2.48. The SMILES string of the molecule is CC(C)(Oc1ccc(F)cc1)C(=O)N1CCCC1c1ccc(F)cc1. The van der Waals surface area contributed by atoms with E-state index in [2.05, 4.69) is 0 Å². The number of hydrogen-bond acceptors (Lipinski definition) is 2. The standard InChI is InChI=1S/C20H21F2NO2/c1-20(2,25-17-11-9-16(22)10-12-17)19(24)23-13-3-4-18(23)14-5-7-15(21)8-6-14/h5-12,18H,3-4,13H2,1-2H3. The molecule has 1 heterocycles. The molecular formula is C20H21F2NO2. The Labute approximate surface area is 146 Å². The summed E-state index contributed by atoms with van der Waals surface area (Å²) in [5.74, 6) is -0.340. The molecule has 0 aliphatic carbocycles. The molecule has 0 spiro atoms. The molecule has 1 fully saturated rings. The number of halogens is 2. The van der Waals surface area contributed by atoms with Crippen molar-refractivity contribution in [2.75, 3.05) is 6.54 Å². The highest BCUT2D eigenvalue weighted by atomic mass is 19.1. The maximum Gasteiger partial charge on any atom is 0.266 e. The van der Waals surface area contributed by atoms with Crippen molar-refractivity contribution < 1.29 is 18.3 Å². The van der Waals surface area contributed by atoms with Gasteiger partial charge in [-0.2, -0.15) is 0 Å². The predicted octanol–water partition coefficient (Wildman–Crippen LogP) is 4.49. The minimum absolute atomic E-state index is 0.0795. The summed E-state index contributed by atoms with van der Waals surface area (Å²) < 4.78 is 32.0. The molecule has 0 bridgehead atoms. The van der Waals surface area contributed by atoms with Crippen LogP contribution in [0.25, 0.3) is 0 Å². The van der Waals surface area contributed by atoms with Crippen LogP contribution in [0.5, 0.6) is 5.75 Å². The first kappa shape index (κ1) is 17.4. The highest BCUT2D eigenvalue weighted by Crippen LogP contribution is 2.34. The molecule has 0 aromatic heterocycles. The molecule has 5 heteroatoms. The fourth-order valence-electron chi connectivity index (χ4n) is 3.23. The lowest BCUT2D eigenvalue weighted by molar-refractivity contribution is -0.146. The predicted molar refractivity (Wildman–Crippen MR) is 91.2 cm³/mol. The highest BCUT2D eigenvalue weighted by Gasteiger charge is 2.40. The van der Waals surface area contributed by atoms with Crippen LogP contribution >= 0.6 is 0 Å². The van der Waals surface area contributed by atoms with Crippen molar-refractivity contribution in [1.29, 1.82) is 0 Å². The zero-order valence-electron chi connectivity index (χ0n) is 14.3.